The highest BCUT2D eigenvalue weighted by atomic mass is 16.2. The van der Waals surface area contributed by atoms with E-state index in [-0.39, 0.29) is 5.70 Å². The lowest BCUT2D eigenvalue weighted by atomic mass is 10.3. The minimum atomic E-state index is -0.427. The van der Waals surface area contributed by atoms with Crippen molar-refractivity contribution >= 4 is 18.3 Å². The molecular formula is C11H10N2O2. The first-order valence-corrected chi connectivity index (χ1v) is 4.27. The molecule has 15 heavy (non-hydrogen) atoms. The van der Waals surface area contributed by atoms with Crippen LogP contribution < -0.4 is 5.32 Å². The van der Waals surface area contributed by atoms with Crippen molar-refractivity contribution in [3.05, 3.63) is 48.4 Å². The van der Waals surface area contributed by atoms with Crippen molar-refractivity contribution < 1.29 is 9.59 Å². The van der Waals surface area contributed by atoms with Gasteiger partial charge in [0.25, 0.3) is 0 Å². The molecular weight excluding hydrogens is 192 g/mol. The third-order valence-corrected chi connectivity index (χ3v) is 1.57. The maximum Gasteiger partial charge on any atom is 0.247 e. The van der Waals surface area contributed by atoms with Crippen molar-refractivity contribution in [1.82, 2.24) is 10.3 Å². The lowest BCUT2D eigenvalue weighted by Gasteiger charge is -1.99. The van der Waals surface area contributed by atoms with Crippen LogP contribution in [0.25, 0.3) is 6.08 Å². The molecule has 0 fully saturated rings. The second-order valence-electron chi connectivity index (χ2n) is 2.67. The Kier molecular flexibility index (Phi) is 3.97. The van der Waals surface area contributed by atoms with Crippen LogP contribution in [0.3, 0.4) is 0 Å². The highest BCUT2D eigenvalue weighted by molar-refractivity contribution is 5.94. The van der Waals surface area contributed by atoms with Gasteiger partial charge in [0, 0.05) is 6.20 Å². The Morgan fingerprint density at radius 1 is 1.47 bits per heavy atom. The predicted octanol–water partition coefficient (Wildman–Crippen LogP) is 0.924. The largest absolute Gasteiger partial charge is 0.320 e. The van der Waals surface area contributed by atoms with Gasteiger partial charge in [0.15, 0.2) is 6.29 Å². The molecule has 0 saturated carbocycles. The summed E-state index contributed by atoms with van der Waals surface area (Å²) in [6, 6.07) is 5.28. The third-order valence-electron chi connectivity index (χ3n) is 1.57. The van der Waals surface area contributed by atoms with E-state index in [1.807, 2.05) is 0 Å². The summed E-state index contributed by atoms with van der Waals surface area (Å²) in [4.78, 5) is 25.5. The van der Waals surface area contributed by atoms with Gasteiger partial charge in [-0.1, -0.05) is 12.6 Å². The number of carbonyl (C=O) groups is 2. The van der Waals surface area contributed by atoms with Gasteiger partial charge >= 0.3 is 0 Å². The fourth-order valence-corrected chi connectivity index (χ4v) is 0.914. The Labute approximate surface area is 87.3 Å². The average molecular weight is 202 g/mol. The van der Waals surface area contributed by atoms with Crippen LogP contribution in [0, 0.1) is 0 Å². The first-order chi connectivity index (χ1) is 7.26. The maximum atomic E-state index is 10.9. The number of pyridine rings is 1. The molecule has 1 heterocycles. The first kappa shape index (κ1) is 10.8. The standard InChI is InChI=1S/C11H10N2O2/c1-2-11(15)13-10(8-14)7-9-5-3-4-6-12-9/h2-8H,1H2,(H,13,15)/b10-7-. The zero-order chi connectivity index (χ0) is 11.1. The number of amides is 1. The van der Waals surface area contributed by atoms with E-state index >= 15 is 0 Å². The van der Waals surface area contributed by atoms with Gasteiger partial charge in [-0.05, 0) is 24.3 Å². The number of rotatable bonds is 4. The minimum absolute atomic E-state index is 0.151. The van der Waals surface area contributed by atoms with E-state index in [1.165, 1.54) is 6.08 Å². The highest BCUT2D eigenvalue weighted by Crippen LogP contribution is 1.99. The molecule has 0 spiro atoms. The molecule has 0 radical (unpaired) electrons. The van der Waals surface area contributed by atoms with Gasteiger partial charge in [-0.25, -0.2) is 0 Å². The second kappa shape index (κ2) is 5.49. The van der Waals surface area contributed by atoms with Crippen LogP contribution in [0.5, 0.6) is 0 Å². The van der Waals surface area contributed by atoms with Gasteiger partial charge in [0.1, 0.15) is 0 Å². The van der Waals surface area contributed by atoms with Crippen LogP contribution in [0.1, 0.15) is 5.69 Å². The third kappa shape index (κ3) is 3.56. The quantitative estimate of drug-likeness (QED) is 0.583. The van der Waals surface area contributed by atoms with E-state index in [0.29, 0.717) is 12.0 Å². The Balaban J connectivity index is 2.83. The molecule has 0 bridgehead atoms. The van der Waals surface area contributed by atoms with Gasteiger partial charge < -0.3 is 5.32 Å². The van der Waals surface area contributed by atoms with Crippen molar-refractivity contribution in [3.8, 4) is 0 Å². The molecule has 1 aromatic rings. The summed E-state index contributed by atoms with van der Waals surface area (Å²) in [5.74, 6) is -0.427. The summed E-state index contributed by atoms with van der Waals surface area (Å²) in [5, 5.41) is 2.36. The van der Waals surface area contributed by atoms with Crippen LogP contribution in [0.2, 0.25) is 0 Å². The van der Waals surface area contributed by atoms with Crippen LogP contribution in [-0.2, 0) is 9.59 Å². The number of aromatic nitrogens is 1. The van der Waals surface area contributed by atoms with Crippen molar-refractivity contribution in [2.24, 2.45) is 0 Å². The van der Waals surface area contributed by atoms with Crippen LogP contribution >= 0.6 is 0 Å². The first-order valence-electron chi connectivity index (χ1n) is 4.27. The van der Waals surface area contributed by atoms with Gasteiger partial charge in [-0.15, -0.1) is 0 Å². The highest BCUT2D eigenvalue weighted by Gasteiger charge is 1.99. The molecule has 0 unspecified atom stereocenters. The molecule has 0 saturated heterocycles. The second-order valence-corrected chi connectivity index (χ2v) is 2.67. The normalized spacial score (nSPS) is 10.5. The lowest BCUT2D eigenvalue weighted by molar-refractivity contribution is -0.117. The number of hydrogen-bond acceptors (Lipinski definition) is 3. The molecule has 0 aliphatic carbocycles. The number of carbonyl (C=O) groups excluding carboxylic acids is 2. The van der Waals surface area contributed by atoms with Gasteiger partial charge in [0.2, 0.25) is 5.91 Å². The smallest absolute Gasteiger partial charge is 0.247 e. The van der Waals surface area contributed by atoms with E-state index in [1.54, 1.807) is 24.4 Å². The Hall–Kier alpha value is -2.23. The number of aldehydes is 1. The van der Waals surface area contributed by atoms with Crippen LogP contribution in [-0.4, -0.2) is 17.2 Å². The molecule has 0 aliphatic rings. The van der Waals surface area contributed by atoms with E-state index in [4.69, 9.17) is 0 Å². The van der Waals surface area contributed by atoms with E-state index in [2.05, 4.69) is 16.9 Å². The number of nitrogens with one attached hydrogen (secondary N) is 1. The number of hydrogen-bond donors (Lipinski definition) is 1. The van der Waals surface area contributed by atoms with E-state index < -0.39 is 5.91 Å². The summed E-state index contributed by atoms with van der Waals surface area (Å²) < 4.78 is 0. The molecule has 76 valence electrons. The molecule has 1 rings (SSSR count). The van der Waals surface area contributed by atoms with E-state index in [0.717, 1.165) is 6.08 Å². The molecule has 1 aromatic heterocycles. The summed E-state index contributed by atoms with van der Waals surface area (Å²) in [7, 11) is 0. The SMILES string of the molecule is C=CC(=O)N/C(C=O)=C\c1ccccn1. The Morgan fingerprint density at radius 2 is 2.27 bits per heavy atom. The summed E-state index contributed by atoms with van der Waals surface area (Å²) in [6.45, 7) is 3.28. The van der Waals surface area contributed by atoms with Crippen LogP contribution in [0.4, 0.5) is 0 Å². The Morgan fingerprint density at radius 3 is 2.80 bits per heavy atom. The van der Waals surface area contributed by atoms with E-state index in [9.17, 15) is 9.59 Å². The summed E-state index contributed by atoms with van der Waals surface area (Å²) in [6.07, 6.45) is 4.73. The van der Waals surface area contributed by atoms with Gasteiger partial charge in [0.05, 0.1) is 11.4 Å². The molecule has 0 aliphatic heterocycles. The predicted molar refractivity (Wildman–Crippen MR) is 56.6 cm³/mol. The average Bonchev–Trinajstić information content (AvgIpc) is 2.29. The van der Waals surface area contributed by atoms with Crippen LogP contribution in [0.15, 0.2) is 42.7 Å². The topological polar surface area (TPSA) is 59.1 Å². The molecule has 4 heteroatoms. The van der Waals surface area contributed by atoms with Crippen molar-refractivity contribution in [3.63, 3.8) is 0 Å². The fraction of sp³-hybridized carbons (Fsp3) is 0. The zero-order valence-corrected chi connectivity index (χ0v) is 8.01. The fourth-order valence-electron chi connectivity index (χ4n) is 0.914. The zero-order valence-electron chi connectivity index (χ0n) is 8.01. The van der Waals surface area contributed by atoms with Gasteiger partial charge in [-0.3, -0.25) is 14.6 Å². The molecule has 1 amide bonds. The Bertz CT molecular complexity index is 396. The molecule has 1 N–H and O–H groups in total. The molecule has 4 nitrogen and oxygen atoms in total. The number of allylic oxidation sites excluding steroid dienone is 1. The van der Waals surface area contributed by atoms with Crippen molar-refractivity contribution in [2.45, 2.75) is 0 Å². The monoisotopic (exact) mass is 202 g/mol. The number of nitrogens with zero attached hydrogens (tertiary/aromatic N) is 1. The molecule has 0 aromatic carbocycles. The van der Waals surface area contributed by atoms with Crippen molar-refractivity contribution in [2.75, 3.05) is 0 Å². The van der Waals surface area contributed by atoms with Gasteiger partial charge in [-0.2, -0.15) is 0 Å². The summed E-state index contributed by atoms with van der Waals surface area (Å²) >= 11 is 0. The lowest BCUT2D eigenvalue weighted by Crippen LogP contribution is -2.20. The summed E-state index contributed by atoms with van der Waals surface area (Å²) in [5.41, 5.74) is 0.752. The molecule has 0 atom stereocenters. The minimum Gasteiger partial charge on any atom is -0.320 e. The maximum absolute atomic E-state index is 10.9. The van der Waals surface area contributed by atoms with Crippen molar-refractivity contribution in [1.29, 1.82) is 0 Å².